The molecule has 0 saturated heterocycles. The summed E-state index contributed by atoms with van der Waals surface area (Å²) in [6.45, 7) is 12.5. The van der Waals surface area contributed by atoms with Crippen molar-refractivity contribution in [3.8, 4) is 5.69 Å². The van der Waals surface area contributed by atoms with Gasteiger partial charge in [-0.15, -0.1) is 11.7 Å². The average molecular weight is 382 g/mol. The molecule has 0 bridgehead atoms. The molecule has 0 amide bonds. The Labute approximate surface area is 163 Å². The number of Topliss-reactive ketones (excluding diaryl/α,β-unsaturated/α-hetero) is 1. The predicted octanol–water partition coefficient (Wildman–Crippen LogP) is 3.86. The Balaban J connectivity index is 1.80. The standard InChI is InChI=1S/C20H23N5OS/c1-6-10-24-14(3)11-17(16(24)5)19(26)12-27-20-21-22-23-25(20)18-9-7-8-13(2)15(18)4/h6-9,11H,1,10,12H2,2-5H3. The molecule has 6 nitrogen and oxygen atoms in total. The molecular formula is C20H23N5OS. The van der Waals surface area contributed by atoms with Gasteiger partial charge in [-0.25, -0.2) is 0 Å². The molecule has 0 saturated carbocycles. The summed E-state index contributed by atoms with van der Waals surface area (Å²) in [5, 5.41) is 12.6. The summed E-state index contributed by atoms with van der Waals surface area (Å²) in [6, 6.07) is 7.95. The van der Waals surface area contributed by atoms with Gasteiger partial charge in [-0.2, -0.15) is 4.68 Å². The first-order chi connectivity index (χ1) is 12.9. The lowest BCUT2D eigenvalue weighted by molar-refractivity contribution is 0.102. The number of aryl methyl sites for hydroxylation is 2. The van der Waals surface area contributed by atoms with Crippen molar-refractivity contribution >= 4 is 17.5 Å². The van der Waals surface area contributed by atoms with Crippen LogP contribution in [0.25, 0.3) is 5.69 Å². The van der Waals surface area contributed by atoms with Crippen molar-refractivity contribution in [1.82, 2.24) is 24.8 Å². The maximum atomic E-state index is 12.8. The maximum absolute atomic E-state index is 12.8. The van der Waals surface area contributed by atoms with Gasteiger partial charge in [0, 0.05) is 23.5 Å². The molecule has 0 aliphatic carbocycles. The minimum Gasteiger partial charge on any atom is -0.345 e. The zero-order valence-corrected chi connectivity index (χ0v) is 16.9. The lowest BCUT2D eigenvalue weighted by atomic mass is 10.1. The fourth-order valence-electron chi connectivity index (χ4n) is 3.09. The molecule has 0 N–H and O–H groups in total. The number of ketones is 1. The van der Waals surface area contributed by atoms with E-state index in [2.05, 4.69) is 39.7 Å². The van der Waals surface area contributed by atoms with E-state index in [0.29, 0.717) is 11.7 Å². The highest BCUT2D eigenvalue weighted by Crippen LogP contribution is 2.24. The van der Waals surface area contributed by atoms with Crippen molar-refractivity contribution in [1.29, 1.82) is 0 Å². The van der Waals surface area contributed by atoms with Gasteiger partial charge in [-0.3, -0.25) is 4.79 Å². The summed E-state index contributed by atoms with van der Waals surface area (Å²) >= 11 is 1.35. The van der Waals surface area contributed by atoms with Gasteiger partial charge in [-0.1, -0.05) is 30.0 Å². The topological polar surface area (TPSA) is 65.6 Å². The van der Waals surface area contributed by atoms with Gasteiger partial charge in [-0.05, 0) is 61.4 Å². The smallest absolute Gasteiger partial charge is 0.214 e. The first-order valence-corrected chi connectivity index (χ1v) is 9.71. The molecule has 0 spiro atoms. The van der Waals surface area contributed by atoms with E-state index >= 15 is 0 Å². The monoisotopic (exact) mass is 381 g/mol. The second kappa shape index (κ2) is 7.92. The van der Waals surface area contributed by atoms with Gasteiger partial charge < -0.3 is 4.57 Å². The third-order valence-electron chi connectivity index (χ3n) is 4.76. The number of hydrogen-bond donors (Lipinski definition) is 0. The SMILES string of the molecule is C=CCn1c(C)cc(C(=O)CSc2nnnn2-c2cccc(C)c2C)c1C. The molecule has 0 radical (unpaired) electrons. The number of carbonyl (C=O) groups is 1. The molecule has 2 heterocycles. The Morgan fingerprint density at radius 3 is 2.78 bits per heavy atom. The number of benzene rings is 1. The van der Waals surface area contributed by atoms with E-state index in [0.717, 1.165) is 28.2 Å². The van der Waals surface area contributed by atoms with Gasteiger partial charge in [0.15, 0.2) is 5.78 Å². The number of hydrogen-bond acceptors (Lipinski definition) is 5. The zero-order chi connectivity index (χ0) is 19.6. The van der Waals surface area contributed by atoms with Crippen molar-refractivity contribution in [2.75, 3.05) is 5.75 Å². The largest absolute Gasteiger partial charge is 0.345 e. The average Bonchev–Trinajstić information content (AvgIpc) is 3.22. The van der Waals surface area contributed by atoms with Crippen LogP contribution in [0.5, 0.6) is 0 Å². The van der Waals surface area contributed by atoms with Gasteiger partial charge in [0.2, 0.25) is 5.16 Å². The van der Waals surface area contributed by atoms with Crippen LogP contribution in [0.2, 0.25) is 0 Å². The summed E-state index contributed by atoms with van der Waals surface area (Å²) in [5.74, 6) is 0.350. The molecule has 2 aromatic heterocycles. The first-order valence-electron chi connectivity index (χ1n) is 8.72. The lowest BCUT2D eigenvalue weighted by Crippen LogP contribution is -2.08. The van der Waals surface area contributed by atoms with E-state index in [9.17, 15) is 4.79 Å². The molecule has 3 rings (SSSR count). The molecule has 3 aromatic rings. The summed E-state index contributed by atoms with van der Waals surface area (Å²) in [6.07, 6.45) is 1.83. The minimum absolute atomic E-state index is 0.0685. The van der Waals surface area contributed by atoms with Crippen LogP contribution in [0.4, 0.5) is 0 Å². The maximum Gasteiger partial charge on any atom is 0.214 e. The summed E-state index contributed by atoms with van der Waals surface area (Å²) < 4.78 is 3.78. The molecule has 0 atom stereocenters. The van der Waals surface area contributed by atoms with Crippen LogP contribution in [0.1, 0.15) is 32.9 Å². The Hall–Kier alpha value is -2.67. The van der Waals surface area contributed by atoms with Crippen LogP contribution in [-0.2, 0) is 6.54 Å². The fraction of sp³-hybridized carbons (Fsp3) is 0.300. The van der Waals surface area contributed by atoms with Crippen LogP contribution in [0.3, 0.4) is 0 Å². The van der Waals surface area contributed by atoms with Gasteiger partial charge >= 0.3 is 0 Å². The van der Waals surface area contributed by atoms with E-state index in [4.69, 9.17) is 0 Å². The fourth-order valence-corrected chi connectivity index (χ4v) is 3.85. The summed E-state index contributed by atoms with van der Waals surface area (Å²) in [5.41, 5.74) is 5.98. The number of rotatable bonds is 7. The van der Waals surface area contributed by atoms with E-state index in [1.54, 1.807) is 4.68 Å². The molecule has 0 aliphatic heterocycles. The number of allylic oxidation sites excluding steroid dienone is 1. The van der Waals surface area contributed by atoms with Gasteiger partial charge in [0.25, 0.3) is 0 Å². The number of carbonyl (C=O) groups excluding carboxylic acids is 1. The summed E-state index contributed by atoms with van der Waals surface area (Å²) in [7, 11) is 0. The van der Waals surface area contributed by atoms with E-state index in [1.165, 1.54) is 17.3 Å². The molecule has 0 unspecified atom stereocenters. The third-order valence-corrected chi connectivity index (χ3v) is 5.68. The lowest BCUT2D eigenvalue weighted by Gasteiger charge is -2.09. The van der Waals surface area contributed by atoms with Crippen LogP contribution in [0.15, 0.2) is 42.1 Å². The Kier molecular flexibility index (Phi) is 5.60. The second-order valence-corrected chi connectivity index (χ2v) is 7.43. The molecule has 0 fully saturated rings. The van der Waals surface area contributed by atoms with Crippen LogP contribution < -0.4 is 0 Å². The Morgan fingerprint density at radius 2 is 2.04 bits per heavy atom. The van der Waals surface area contributed by atoms with Crippen molar-refractivity contribution in [3.63, 3.8) is 0 Å². The van der Waals surface area contributed by atoms with Crippen molar-refractivity contribution in [2.45, 2.75) is 39.4 Å². The first kappa shape index (κ1) is 19.1. The highest BCUT2D eigenvalue weighted by atomic mass is 32.2. The van der Waals surface area contributed by atoms with Crippen LogP contribution in [0, 0.1) is 27.7 Å². The van der Waals surface area contributed by atoms with Crippen molar-refractivity contribution < 1.29 is 4.79 Å². The molecule has 27 heavy (non-hydrogen) atoms. The Morgan fingerprint density at radius 1 is 1.26 bits per heavy atom. The van der Waals surface area contributed by atoms with Crippen LogP contribution in [-0.4, -0.2) is 36.3 Å². The normalized spacial score (nSPS) is 11.0. The molecular weight excluding hydrogens is 358 g/mol. The zero-order valence-electron chi connectivity index (χ0n) is 16.1. The highest BCUT2D eigenvalue weighted by molar-refractivity contribution is 7.99. The second-order valence-electron chi connectivity index (χ2n) is 6.49. The van der Waals surface area contributed by atoms with E-state index in [1.807, 2.05) is 45.0 Å². The quantitative estimate of drug-likeness (QED) is 0.353. The highest BCUT2D eigenvalue weighted by Gasteiger charge is 2.18. The van der Waals surface area contributed by atoms with Crippen molar-refractivity contribution in [2.24, 2.45) is 0 Å². The molecule has 0 aliphatic rings. The van der Waals surface area contributed by atoms with E-state index in [-0.39, 0.29) is 11.5 Å². The van der Waals surface area contributed by atoms with Gasteiger partial charge in [0.05, 0.1) is 11.4 Å². The van der Waals surface area contributed by atoms with Gasteiger partial charge in [0.1, 0.15) is 0 Å². The Bertz CT molecular complexity index is 1000. The number of thioether (sulfide) groups is 1. The van der Waals surface area contributed by atoms with Crippen LogP contribution >= 0.6 is 11.8 Å². The number of aromatic nitrogens is 5. The number of tetrazole rings is 1. The molecule has 7 heteroatoms. The van der Waals surface area contributed by atoms with E-state index < -0.39 is 0 Å². The summed E-state index contributed by atoms with van der Waals surface area (Å²) in [4.78, 5) is 12.8. The number of nitrogens with zero attached hydrogens (tertiary/aromatic N) is 5. The third kappa shape index (κ3) is 3.73. The molecule has 140 valence electrons. The molecule has 1 aromatic carbocycles. The van der Waals surface area contributed by atoms with Crippen molar-refractivity contribution in [3.05, 3.63) is 65.0 Å². The predicted molar refractivity (Wildman–Crippen MR) is 108 cm³/mol. The minimum atomic E-state index is 0.0685.